The second-order valence-corrected chi connectivity index (χ2v) is 10.7. The molecule has 0 N–H and O–H groups in total. The van der Waals surface area contributed by atoms with Gasteiger partial charge in [-0.15, -0.1) is 0 Å². The lowest BCUT2D eigenvalue weighted by atomic mass is 9.80. The van der Waals surface area contributed by atoms with Gasteiger partial charge < -0.3 is 14.7 Å². The summed E-state index contributed by atoms with van der Waals surface area (Å²) in [4.78, 5) is 28.9. The molecule has 6 nitrogen and oxygen atoms in total. The lowest BCUT2D eigenvalue weighted by Gasteiger charge is -2.39. The zero-order chi connectivity index (χ0) is 21.4. The summed E-state index contributed by atoms with van der Waals surface area (Å²) in [6.07, 6.45) is 13.9. The minimum Gasteiger partial charge on any atom is -0.332 e. The Morgan fingerprint density at radius 1 is 0.935 bits per heavy atom. The summed E-state index contributed by atoms with van der Waals surface area (Å²) >= 11 is 0. The van der Waals surface area contributed by atoms with Gasteiger partial charge in [0, 0.05) is 50.0 Å². The molecule has 1 aromatic rings. The number of fused-ring (bicyclic) bond motifs is 2. The summed E-state index contributed by atoms with van der Waals surface area (Å²) in [6.45, 7) is 7.62. The van der Waals surface area contributed by atoms with E-state index in [9.17, 15) is 4.79 Å². The molecule has 1 aliphatic carbocycles. The standard InChI is InChI=1S/C25H39N5O/c1-18(31)20-5-3-19(4-6-20)15-29-11-9-21(10-12-29)22-13-26-25(27-14-22)30-23-7-8-24(30)17-28(2)16-23/h13-14,19-21,23-24H,3-12,15-17H2,1-2H3/t19-,20-,23?,24?. The average Bonchev–Trinajstić information content (AvgIpc) is 3.06. The maximum absolute atomic E-state index is 11.6. The molecule has 170 valence electrons. The molecule has 4 fully saturated rings. The van der Waals surface area contributed by atoms with Crippen molar-refractivity contribution in [2.24, 2.45) is 11.8 Å². The molecule has 0 aromatic carbocycles. The number of hydrogen-bond donors (Lipinski definition) is 0. The Kier molecular flexibility index (Phi) is 6.29. The molecular formula is C25H39N5O. The van der Waals surface area contributed by atoms with Gasteiger partial charge in [-0.05, 0) is 95.8 Å². The summed E-state index contributed by atoms with van der Waals surface area (Å²) in [5, 5.41) is 0. The number of carbonyl (C=O) groups excluding carboxylic acids is 1. The summed E-state index contributed by atoms with van der Waals surface area (Å²) in [5.41, 5.74) is 1.33. The van der Waals surface area contributed by atoms with Gasteiger partial charge in [0.05, 0.1) is 0 Å². The van der Waals surface area contributed by atoms with E-state index in [1.807, 2.05) is 0 Å². The summed E-state index contributed by atoms with van der Waals surface area (Å²) in [5.74, 6) is 3.07. The van der Waals surface area contributed by atoms with Crippen LogP contribution in [0.1, 0.15) is 69.8 Å². The first-order valence-electron chi connectivity index (χ1n) is 12.6. The van der Waals surface area contributed by atoms with Crippen LogP contribution in [0.2, 0.25) is 0 Å². The number of carbonyl (C=O) groups is 1. The highest BCUT2D eigenvalue weighted by atomic mass is 16.1. The zero-order valence-corrected chi connectivity index (χ0v) is 19.4. The summed E-state index contributed by atoms with van der Waals surface area (Å²) < 4.78 is 0. The highest BCUT2D eigenvalue weighted by Crippen LogP contribution is 2.35. The number of rotatable bonds is 5. The van der Waals surface area contributed by atoms with Crippen LogP contribution in [0.3, 0.4) is 0 Å². The van der Waals surface area contributed by atoms with Crippen LogP contribution in [0.5, 0.6) is 0 Å². The fraction of sp³-hybridized carbons (Fsp3) is 0.800. The molecule has 0 amide bonds. The van der Waals surface area contributed by atoms with Gasteiger partial charge in [0.1, 0.15) is 5.78 Å². The van der Waals surface area contributed by atoms with Gasteiger partial charge in [-0.25, -0.2) is 9.97 Å². The monoisotopic (exact) mass is 425 g/mol. The molecular weight excluding hydrogens is 386 g/mol. The third-order valence-electron chi connectivity index (χ3n) is 8.55. The molecule has 1 aromatic heterocycles. The van der Waals surface area contributed by atoms with Crippen molar-refractivity contribution >= 4 is 11.7 Å². The third-order valence-corrected chi connectivity index (χ3v) is 8.55. The Morgan fingerprint density at radius 2 is 1.55 bits per heavy atom. The molecule has 0 spiro atoms. The quantitative estimate of drug-likeness (QED) is 0.721. The molecule has 5 rings (SSSR count). The molecule has 6 heteroatoms. The van der Waals surface area contributed by atoms with Crippen molar-refractivity contribution in [2.45, 2.75) is 76.3 Å². The molecule has 2 atom stereocenters. The summed E-state index contributed by atoms with van der Waals surface area (Å²) in [7, 11) is 2.23. The maximum atomic E-state index is 11.6. The topological polar surface area (TPSA) is 52.6 Å². The normalized spacial score (nSPS) is 33.0. The van der Waals surface area contributed by atoms with Crippen LogP contribution < -0.4 is 4.90 Å². The first kappa shape index (κ1) is 21.3. The molecule has 2 unspecified atom stereocenters. The lowest BCUT2D eigenvalue weighted by molar-refractivity contribution is -0.121. The van der Waals surface area contributed by atoms with E-state index in [4.69, 9.17) is 9.97 Å². The van der Waals surface area contributed by atoms with Gasteiger partial charge in [0.25, 0.3) is 0 Å². The highest BCUT2D eigenvalue weighted by Gasteiger charge is 2.40. The zero-order valence-electron chi connectivity index (χ0n) is 19.4. The largest absolute Gasteiger partial charge is 0.332 e. The Balaban J connectivity index is 1.11. The average molecular weight is 426 g/mol. The predicted octanol–water partition coefficient (Wildman–Crippen LogP) is 3.33. The second-order valence-electron chi connectivity index (χ2n) is 10.7. The van der Waals surface area contributed by atoms with Crippen LogP contribution in [-0.4, -0.2) is 77.4 Å². The Hall–Kier alpha value is -1.53. The second kappa shape index (κ2) is 9.14. The SMILES string of the molecule is CC(=O)[C@H]1CC[C@H](CN2CCC(c3cnc(N4C5CCC4CN(C)C5)nc3)CC2)CC1. The number of likely N-dealkylation sites (N-methyl/N-ethyl adjacent to an activating group) is 1. The van der Waals surface area contributed by atoms with Crippen LogP contribution in [-0.2, 0) is 4.79 Å². The van der Waals surface area contributed by atoms with E-state index in [0.29, 0.717) is 29.7 Å². The minimum absolute atomic E-state index is 0.339. The Labute approximate surface area is 187 Å². The Bertz CT molecular complexity index is 738. The number of aromatic nitrogens is 2. The molecule has 1 saturated carbocycles. The number of Topliss-reactive ketones (excluding diaryl/α,β-unsaturated/α-hetero) is 1. The Morgan fingerprint density at radius 3 is 2.13 bits per heavy atom. The minimum atomic E-state index is 0.339. The number of piperidine rings is 1. The van der Waals surface area contributed by atoms with Gasteiger partial charge >= 0.3 is 0 Å². The van der Waals surface area contributed by atoms with Crippen molar-refractivity contribution in [1.82, 2.24) is 19.8 Å². The van der Waals surface area contributed by atoms with Crippen molar-refractivity contribution in [3.8, 4) is 0 Å². The number of nitrogens with zero attached hydrogens (tertiary/aromatic N) is 5. The van der Waals surface area contributed by atoms with E-state index in [1.54, 1.807) is 6.92 Å². The highest BCUT2D eigenvalue weighted by molar-refractivity contribution is 5.78. The van der Waals surface area contributed by atoms with Crippen LogP contribution in [0.25, 0.3) is 0 Å². The van der Waals surface area contributed by atoms with Crippen molar-refractivity contribution in [2.75, 3.05) is 44.7 Å². The predicted molar refractivity (Wildman–Crippen MR) is 123 cm³/mol. The van der Waals surface area contributed by atoms with Gasteiger partial charge in [0.15, 0.2) is 0 Å². The van der Waals surface area contributed by atoms with E-state index >= 15 is 0 Å². The summed E-state index contributed by atoms with van der Waals surface area (Å²) in [6, 6.07) is 1.17. The number of ketones is 1. The van der Waals surface area contributed by atoms with Crippen LogP contribution in [0.15, 0.2) is 12.4 Å². The van der Waals surface area contributed by atoms with Gasteiger partial charge in [-0.3, -0.25) is 4.79 Å². The number of piperazine rings is 1. The van der Waals surface area contributed by atoms with E-state index in [0.717, 1.165) is 37.8 Å². The van der Waals surface area contributed by atoms with E-state index in [1.165, 1.54) is 63.7 Å². The number of anilines is 1. The fourth-order valence-electron chi connectivity index (χ4n) is 6.68. The van der Waals surface area contributed by atoms with Crippen LogP contribution >= 0.6 is 0 Å². The smallest absolute Gasteiger partial charge is 0.225 e. The molecule has 31 heavy (non-hydrogen) atoms. The molecule has 4 heterocycles. The molecule has 3 saturated heterocycles. The van der Waals surface area contributed by atoms with Crippen LogP contribution in [0.4, 0.5) is 5.95 Å². The van der Waals surface area contributed by atoms with Crippen molar-refractivity contribution in [3.63, 3.8) is 0 Å². The third kappa shape index (κ3) is 4.65. The van der Waals surface area contributed by atoms with Gasteiger partial charge in [-0.1, -0.05) is 0 Å². The first-order valence-corrected chi connectivity index (χ1v) is 12.6. The van der Waals surface area contributed by atoms with Gasteiger partial charge in [-0.2, -0.15) is 0 Å². The fourth-order valence-corrected chi connectivity index (χ4v) is 6.68. The molecule has 0 radical (unpaired) electrons. The van der Waals surface area contributed by atoms with Gasteiger partial charge in [0.2, 0.25) is 5.95 Å². The van der Waals surface area contributed by atoms with E-state index in [2.05, 4.69) is 34.1 Å². The maximum Gasteiger partial charge on any atom is 0.225 e. The van der Waals surface area contributed by atoms with Crippen molar-refractivity contribution in [3.05, 3.63) is 18.0 Å². The molecule has 4 aliphatic rings. The van der Waals surface area contributed by atoms with Crippen molar-refractivity contribution in [1.29, 1.82) is 0 Å². The lowest BCUT2D eigenvalue weighted by Crippen LogP contribution is -2.53. The van der Waals surface area contributed by atoms with E-state index < -0.39 is 0 Å². The first-order chi connectivity index (χ1) is 15.1. The van der Waals surface area contributed by atoms with Crippen molar-refractivity contribution < 1.29 is 4.79 Å². The van der Waals surface area contributed by atoms with Crippen LogP contribution in [0, 0.1) is 11.8 Å². The number of likely N-dealkylation sites (tertiary alicyclic amines) is 2. The molecule has 2 bridgehead atoms. The number of hydrogen-bond acceptors (Lipinski definition) is 6. The van der Waals surface area contributed by atoms with E-state index in [-0.39, 0.29) is 0 Å². The molecule has 3 aliphatic heterocycles.